The second-order valence-corrected chi connectivity index (χ2v) is 13.1. The van der Waals surface area contributed by atoms with Crippen LogP contribution in [0.1, 0.15) is 49.9 Å². The van der Waals surface area contributed by atoms with Gasteiger partial charge in [-0.3, -0.25) is 4.79 Å². The fourth-order valence-corrected chi connectivity index (χ4v) is 6.79. The number of aryl methyl sites for hydroxylation is 1. The van der Waals surface area contributed by atoms with Gasteiger partial charge in [-0.25, -0.2) is 12.8 Å². The number of aliphatic hydroxyl groups excluding tert-OH is 1. The predicted molar refractivity (Wildman–Crippen MR) is 144 cm³/mol. The number of aliphatic hydroxyl groups is 1. The summed E-state index contributed by atoms with van der Waals surface area (Å²) in [7, 11) is -2.03. The first-order chi connectivity index (χ1) is 17.3. The van der Waals surface area contributed by atoms with Crippen molar-refractivity contribution in [3.8, 4) is 0 Å². The Labute approximate surface area is 219 Å². The molecular weight excluding hydrogens is 495 g/mol. The molecule has 9 heteroatoms. The minimum atomic E-state index is -3.41. The largest absolute Gasteiger partial charge is 0.391 e. The highest BCUT2D eigenvalue weighted by Gasteiger charge is 2.39. The third-order valence-corrected chi connectivity index (χ3v) is 8.61. The van der Waals surface area contributed by atoms with Crippen LogP contribution < -0.4 is 10.6 Å². The molecule has 37 heavy (non-hydrogen) atoms. The summed E-state index contributed by atoms with van der Waals surface area (Å²) in [5.74, 6) is -1.96. The maximum absolute atomic E-state index is 15.0. The molecule has 1 aliphatic heterocycles. The van der Waals surface area contributed by atoms with Gasteiger partial charge in [0.2, 0.25) is 5.91 Å². The van der Waals surface area contributed by atoms with Crippen molar-refractivity contribution >= 4 is 21.4 Å². The molecule has 1 aliphatic rings. The Hall–Kier alpha value is -2.33. The van der Waals surface area contributed by atoms with Crippen LogP contribution in [-0.4, -0.2) is 56.8 Å². The third-order valence-electron chi connectivity index (χ3n) is 6.81. The fourth-order valence-electron chi connectivity index (χ4n) is 4.82. The van der Waals surface area contributed by atoms with E-state index in [4.69, 9.17) is 4.74 Å². The highest BCUT2D eigenvalue weighted by molar-refractivity contribution is 7.91. The number of methoxy groups -OCH3 is 1. The number of carbonyl (C=O) groups is 1. The molecule has 3 atom stereocenters. The zero-order valence-electron chi connectivity index (χ0n) is 22.3. The predicted octanol–water partition coefficient (Wildman–Crippen LogP) is 3.38. The van der Waals surface area contributed by atoms with E-state index in [0.29, 0.717) is 24.1 Å². The highest BCUT2D eigenvalue weighted by Crippen LogP contribution is 2.29. The van der Waals surface area contributed by atoms with E-state index in [1.165, 1.54) is 18.7 Å². The van der Waals surface area contributed by atoms with Gasteiger partial charge in [0.05, 0.1) is 23.3 Å². The summed E-state index contributed by atoms with van der Waals surface area (Å²) >= 11 is 0. The van der Waals surface area contributed by atoms with E-state index in [0.717, 1.165) is 5.56 Å². The summed E-state index contributed by atoms with van der Waals surface area (Å²) in [6.45, 7) is 8.49. The van der Waals surface area contributed by atoms with Crippen LogP contribution in [0.2, 0.25) is 0 Å². The van der Waals surface area contributed by atoms with Crippen LogP contribution in [0.3, 0.4) is 0 Å². The Balaban J connectivity index is 1.76. The molecule has 7 nitrogen and oxygen atoms in total. The lowest BCUT2D eigenvalue weighted by atomic mass is 9.86. The first kappa shape index (κ1) is 29.2. The molecular formula is C28H39FN2O5S. The molecule has 2 aromatic rings. The van der Waals surface area contributed by atoms with E-state index < -0.39 is 39.6 Å². The number of amides is 1. The Morgan fingerprint density at radius 2 is 1.89 bits per heavy atom. The van der Waals surface area contributed by atoms with Crippen molar-refractivity contribution in [2.75, 3.05) is 30.5 Å². The molecule has 1 saturated heterocycles. The molecule has 1 amide bonds. The second kappa shape index (κ2) is 12.0. The normalized spacial score (nSPS) is 21.5. The van der Waals surface area contributed by atoms with Crippen LogP contribution >= 0.6 is 0 Å². The molecule has 0 unspecified atom stereocenters. The van der Waals surface area contributed by atoms with E-state index >= 15 is 0 Å². The summed E-state index contributed by atoms with van der Waals surface area (Å²) in [6.07, 6.45) is -0.242. The minimum Gasteiger partial charge on any atom is -0.391 e. The lowest BCUT2D eigenvalue weighted by Crippen LogP contribution is -2.54. The van der Waals surface area contributed by atoms with Gasteiger partial charge in [-0.15, -0.1) is 0 Å². The lowest BCUT2D eigenvalue weighted by Gasteiger charge is -2.35. The summed E-state index contributed by atoms with van der Waals surface area (Å²) in [5, 5.41) is 16.9. The van der Waals surface area contributed by atoms with Crippen LogP contribution in [0, 0.1) is 11.7 Å². The van der Waals surface area contributed by atoms with Gasteiger partial charge in [0.1, 0.15) is 12.4 Å². The van der Waals surface area contributed by atoms with Crippen molar-refractivity contribution in [1.29, 1.82) is 0 Å². The Kier molecular flexibility index (Phi) is 9.50. The average Bonchev–Trinajstić information content (AvgIpc) is 2.81. The van der Waals surface area contributed by atoms with Gasteiger partial charge in [-0.05, 0) is 46.6 Å². The fraction of sp³-hybridized carbons (Fsp3) is 0.536. The number of hydrogen-bond donors (Lipinski definition) is 3. The van der Waals surface area contributed by atoms with Crippen molar-refractivity contribution in [3.63, 3.8) is 0 Å². The topological polar surface area (TPSA) is 105 Å². The van der Waals surface area contributed by atoms with Gasteiger partial charge in [0.25, 0.3) is 0 Å². The van der Waals surface area contributed by atoms with Gasteiger partial charge < -0.3 is 20.5 Å². The van der Waals surface area contributed by atoms with E-state index in [1.807, 2.05) is 19.1 Å². The molecule has 3 rings (SSSR count). The number of rotatable bonds is 9. The smallest absolute Gasteiger partial charge is 0.250 e. The van der Waals surface area contributed by atoms with Crippen molar-refractivity contribution in [3.05, 3.63) is 64.5 Å². The maximum atomic E-state index is 15.0. The monoisotopic (exact) mass is 534 g/mol. The number of sulfone groups is 1. The number of nitrogens with one attached hydrogen (secondary N) is 2. The van der Waals surface area contributed by atoms with Crippen molar-refractivity contribution in [2.45, 2.75) is 64.6 Å². The average molecular weight is 535 g/mol. The number of carbonyl (C=O) groups excluding carboxylic acids is 1. The summed E-state index contributed by atoms with van der Waals surface area (Å²) in [5.41, 5.74) is 3.46. The molecule has 0 bridgehead atoms. The SMILES string of the molecule is CCc1cc(C[C@@H]2CS(=O)(=O)C[C@H](NCc3cccc(C(C)(C)C)c3)[C@H]2O)cc(F)c1NC(=O)COC. The molecule has 0 aliphatic carbocycles. The van der Waals surface area contributed by atoms with Crippen LogP contribution in [0.5, 0.6) is 0 Å². The van der Waals surface area contributed by atoms with E-state index in [-0.39, 0.29) is 35.6 Å². The number of halogens is 1. The maximum Gasteiger partial charge on any atom is 0.250 e. The molecule has 0 radical (unpaired) electrons. The minimum absolute atomic E-state index is 0.0104. The third kappa shape index (κ3) is 7.83. The van der Waals surface area contributed by atoms with E-state index in [1.54, 1.807) is 6.07 Å². The lowest BCUT2D eigenvalue weighted by molar-refractivity contribution is -0.119. The quantitative estimate of drug-likeness (QED) is 0.456. The number of anilines is 1. The zero-order chi connectivity index (χ0) is 27.4. The molecule has 204 valence electrons. The Morgan fingerprint density at radius 3 is 2.54 bits per heavy atom. The van der Waals surface area contributed by atoms with Gasteiger partial charge in [0, 0.05) is 25.6 Å². The standard InChI is InChI=1S/C28H39FN2O5S/c1-6-20-10-19(13-23(29)26(20)31-25(32)15-36-5)11-21-16-37(34,35)17-24(27(21)33)30-14-18-8-7-9-22(12-18)28(2,3)4/h7-10,12-13,21,24,27,30,33H,6,11,14-17H2,1-5H3,(H,31,32)/t21-,24+,27+/m1/s1. The van der Waals surface area contributed by atoms with Gasteiger partial charge in [-0.2, -0.15) is 0 Å². The molecule has 0 spiro atoms. The molecule has 0 saturated carbocycles. The Morgan fingerprint density at radius 1 is 1.16 bits per heavy atom. The van der Waals surface area contributed by atoms with Crippen LogP contribution in [0.15, 0.2) is 36.4 Å². The summed E-state index contributed by atoms with van der Waals surface area (Å²) < 4.78 is 45.2. The Bertz CT molecular complexity index is 1210. The van der Waals surface area contributed by atoms with Crippen molar-refractivity contribution in [2.24, 2.45) is 5.92 Å². The van der Waals surface area contributed by atoms with E-state index in [9.17, 15) is 22.7 Å². The molecule has 3 N–H and O–H groups in total. The number of ether oxygens (including phenoxy) is 1. The molecule has 0 aromatic heterocycles. The summed E-state index contributed by atoms with van der Waals surface area (Å²) in [4.78, 5) is 11.9. The van der Waals surface area contributed by atoms with Crippen molar-refractivity contribution < 1.29 is 27.4 Å². The van der Waals surface area contributed by atoms with Crippen molar-refractivity contribution in [1.82, 2.24) is 5.32 Å². The zero-order valence-corrected chi connectivity index (χ0v) is 23.1. The molecule has 1 fully saturated rings. The number of hydrogen-bond acceptors (Lipinski definition) is 6. The van der Waals surface area contributed by atoms with Gasteiger partial charge >= 0.3 is 0 Å². The molecule has 2 aromatic carbocycles. The van der Waals surface area contributed by atoms with Gasteiger partial charge in [-0.1, -0.05) is 58.0 Å². The summed E-state index contributed by atoms with van der Waals surface area (Å²) in [6, 6.07) is 10.6. The first-order valence-electron chi connectivity index (χ1n) is 12.6. The highest BCUT2D eigenvalue weighted by atomic mass is 32.2. The van der Waals surface area contributed by atoms with Gasteiger partial charge in [0.15, 0.2) is 9.84 Å². The van der Waals surface area contributed by atoms with Crippen LogP contribution in [0.25, 0.3) is 0 Å². The van der Waals surface area contributed by atoms with Crippen LogP contribution in [0.4, 0.5) is 10.1 Å². The second-order valence-electron chi connectivity index (χ2n) is 10.9. The number of benzene rings is 2. The van der Waals surface area contributed by atoms with Crippen LogP contribution in [-0.2, 0) is 44.2 Å². The molecule has 1 heterocycles. The van der Waals surface area contributed by atoms with E-state index in [2.05, 4.69) is 43.5 Å². The first-order valence-corrected chi connectivity index (χ1v) is 14.5.